The number of oxazole rings is 1. The first-order valence-corrected chi connectivity index (χ1v) is 7.39. The maximum absolute atomic E-state index is 10.7. The molecule has 0 unspecified atom stereocenters. The van der Waals surface area contributed by atoms with Crippen LogP contribution in [0.3, 0.4) is 0 Å². The van der Waals surface area contributed by atoms with E-state index in [1.54, 1.807) is 18.4 Å². The van der Waals surface area contributed by atoms with Gasteiger partial charge in [-0.3, -0.25) is 20.1 Å². The minimum atomic E-state index is -0.433. The van der Waals surface area contributed by atoms with Crippen LogP contribution < -0.4 is 0 Å². The summed E-state index contributed by atoms with van der Waals surface area (Å²) in [6.07, 6.45) is 3.42. The quantitative estimate of drug-likeness (QED) is 0.552. The number of rotatable bonds is 6. The van der Waals surface area contributed by atoms with Crippen molar-refractivity contribution < 1.29 is 9.34 Å². The summed E-state index contributed by atoms with van der Waals surface area (Å²) >= 11 is 0. The average Bonchev–Trinajstić information content (AvgIpc) is 3.17. The van der Waals surface area contributed by atoms with Crippen molar-refractivity contribution in [3.05, 3.63) is 63.8 Å². The summed E-state index contributed by atoms with van der Waals surface area (Å²) in [6, 6.07) is 6.14. The number of aromatic amines is 1. The van der Waals surface area contributed by atoms with E-state index in [0.29, 0.717) is 18.0 Å². The summed E-state index contributed by atoms with van der Waals surface area (Å²) in [7, 11) is 1.99. The largest absolute Gasteiger partial charge is 0.444 e. The van der Waals surface area contributed by atoms with Crippen molar-refractivity contribution in [1.29, 1.82) is 0 Å². The van der Waals surface area contributed by atoms with Gasteiger partial charge in [0.15, 0.2) is 0 Å². The van der Waals surface area contributed by atoms with Crippen LogP contribution >= 0.6 is 0 Å². The Bertz CT molecular complexity index is 838. The van der Waals surface area contributed by atoms with Crippen LogP contribution in [0, 0.1) is 17.0 Å². The van der Waals surface area contributed by atoms with E-state index in [4.69, 9.17) is 4.42 Å². The third kappa shape index (κ3) is 3.49. The number of hydrogen-bond donors (Lipinski definition) is 1. The molecule has 24 heavy (non-hydrogen) atoms. The Balaban J connectivity index is 1.66. The summed E-state index contributed by atoms with van der Waals surface area (Å²) in [5.74, 6) is 0.452. The van der Waals surface area contributed by atoms with Crippen molar-refractivity contribution in [2.75, 3.05) is 7.05 Å². The van der Waals surface area contributed by atoms with Crippen LogP contribution in [-0.4, -0.2) is 32.1 Å². The van der Waals surface area contributed by atoms with Crippen molar-refractivity contribution >= 4 is 5.69 Å². The Morgan fingerprint density at radius 3 is 2.67 bits per heavy atom. The van der Waals surface area contributed by atoms with E-state index < -0.39 is 4.92 Å². The van der Waals surface area contributed by atoms with E-state index in [9.17, 15) is 10.1 Å². The standard InChI is InChI=1S/C16H17N5O3/c1-11-13(7-17-19-11)8-20(2)9-14-10-24-16(18-14)12-3-5-15(6-4-12)21(22)23/h3-7,10H,8-9H2,1-2H3,(H,17,19). The lowest BCUT2D eigenvalue weighted by molar-refractivity contribution is -0.384. The van der Waals surface area contributed by atoms with Gasteiger partial charge in [-0.25, -0.2) is 4.98 Å². The monoisotopic (exact) mass is 327 g/mol. The molecule has 1 aromatic carbocycles. The third-order valence-electron chi connectivity index (χ3n) is 3.68. The van der Waals surface area contributed by atoms with Crippen molar-refractivity contribution in [3.8, 4) is 11.5 Å². The zero-order valence-electron chi connectivity index (χ0n) is 13.4. The Morgan fingerprint density at radius 2 is 2.04 bits per heavy atom. The first-order chi connectivity index (χ1) is 11.5. The van der Waals surface area contributed by atoms with Crippen LogP contribution in [0.15, 0.2) is 41.1 Å². The molecule has 1 N–H and O–H groups in total. The van der Waals surface area contributed by atoms with Crippen molar-refractivity contribution in [3.63, 3.8) is 0 Å². The van der Waals surface area contributed by atoms with Crippen LogP contribution in [0.4, 0.5) is 5.69 Å². The fraction of sp³-hybridized carbons (Fsp3) is 0.250. The van der Waals surface area contributed by atoms with E-state index >= 15 is 0 Å². The minimum absolute atomic E-state index is 0.0424. The van der Waals surface area contributed by atoms with Gasteiger partial charge in [0.25, 0.3) is 5.69 Å². The van der Waals surface area contributed by atoms with Gasteiger partial charge in [-0.05, 0) is 26.1 Å². The molecule has 0 aliphatic heterocycles. The van der Waals surface area contributed by atoms with Gasteiger partial charge in [-0.1, -0.05) is 0 Å². The summed E-state index contributed by atoms with van der Waals surface area (Å²) in [5.41, 5.74) is 3.73. The minimum Gasteiger partial charge on any atom is -0.444 e. The highest BCUT2D eigenvalue weighted by Gasteiger charge is 2.12. The van der Waals surface area contributed by atoms with Crippen LogP contribution in [0.2, 0.25) is 0 Å². The van der Waals surface area contributed by atoms with Gasteiger partial charge in [-0.2, -0.15) is 5.10 Å². The highest BCUT2D eigenvalue weighted by molar-refractivity contribution is 5.55. The Hall–Kier alpha value is -3.00. The Labute approximate surface area is 138 Å². The summed E-state index contributed by atoms with van der Waals surface area (Å²) in [5, 5.41) is 17.6. The summed E-state index contributed by atoms with van der Waals surface area (Å²) in [6.45, 7) is 3.36. The van der Waals surface area contributed by atoms with Gasteiger partial charge in [0, 0.05) is 42.0 Å². The maximum atomic E-state index is 10.7. The second-order valence-corrected chi connectivity index (χ2v) is 5.64. The molecule has 0 saturated heterocycles. The van der Waals surface area contributed by atoms with Crippen LogP contribution in [0.5, 0.6) is 0 Å². The SMILES string of the molecule is Cc1[nH]ncc1CN(C)Cc1coc(-c2ccc([N+](=O)[O-])cc2)n1. The number of nitro groups is 1. The highest BCUT2D eigenvalue weighted by Crippen LogP contribution is 2.22. The van der Waals surface area contributed by atoms with Gasteiger partial charge in [-0.15, -0.1) is 0 Å². The topological polar surface area (TPSA) is 101 Å². The number of H-pyrrole nitrogens is 1. The molecule has 3 rings (SSSR count). The predicted octanol–water partition coefficient (Wildman–Crippen LogP) is 2.91. The Kier molecular flexibility index (Phi) is 4.39. The number of hydrogen-bond acceptors (Lipinski definition) is 6. The summed E-state index contributed by atoms with van der Waals surface area (Å²) < 4.78 is 5.48. The molecule has 0 bridgehead atoms. The molecule has 0 atom stereocenters. The molecular formula is C16H17N5O3. The fourth-order valence-corrected chi connectivity index (χ4v) is 2.40. The van der Waals surface area contributed by atoms with Gasteiger partial charge in [0.2, 0.25) is 5.89 Å². The van der Waals surface area contributed by atoms with Gasteiger partial charge >= 0.3 is 0 Å². The molecule has 0 radical (unpaired) electrons. The Morgan fingerprint density at radius 1 is 1.29 bits per heavy atom. The molecule has 124 valence electrons. The predicted molar refractivity (Wildman–Crippen MR) is 87.1 cm³/mol. The summed E-state index contributed by atoms with van der Waals surface area (Å²) in [4.78, 5) is 16.8. The van der Waals surface area contributed by atoms with Gasteiger partial charge in [0.05, 0.1) is 16.8 Å². The van der Waals surface area contributed by atoms with E-state index in [1.165, 1.54) is 12.1 Å². The second kappa shape index (κ2) is 6.63. The van der Waals surface area contributed by atoms with E-state index in [1.807, 2.05) is 20.2 Å². The first-order valence-electron chi connectivity index (χ1n) is 7.39. The molecule has 0 amide bonds. The van der Waals surface area contributed by atoms with E-state index in [2.05, 4.69) is 20.1 Å². The number of nitrogens with zero attached hydrogens (tertiary/aromatic N) is 4. The molecule has 0 saturated carbocycles. The van der Waals surface area contributed by atoms with Crippen LogP contribution in [-0.2, 0) is 13.1 Å². The van der Waals surface area contributed by atoms with Gasteiger partial charge in [0.1, 0.15) is 6.26 Å². The maximum Gasteiger partial charge on any atom is 0.269 e. The first kappa shape index (κ1) is 15.9. The zero-order chi connectivity index (χ0) is 17.1. The number of nitrogens with one attached hydrogen (secondary N) is 1. The molecule has 0 spiro atoms. The lowest BCUT2D eigenvalue weighted by Gasteiger charge is -2.14. The molecule has 8 heteroatoms. The van der Waals surface area contributed by atoms with E-state index in [0.717, 1.165) is 23.5 Å². The smallest absolute Gasteiger partial charge is 0.269 e. The second-order valence-electron chi connectivity index (χ2n) is 5.64. The molecule has 2 heterocycles. The molecule has 8 nitrogen and oxygen atoms in total. The number of aryl methyl sites for hydroxylation is 1. The van der Waals surface area contributed by atoms with Crippen LogP contribution in [0.25, 0.3) is 11.5 Å². The number of aromatic nitrogens is 3. The highest BCUT2D eigenvalue weighted by atomic mass is 16.6. The van der Waals surface area contributed by atoms with Gasteiger partial charge < -0.3 is 4.42 Å². The van der Waals surface area contributed by atoms with Crippen molar-refractivity contribution in [2.45, 2.75) is 20.0 Å². The number of non-ortho nitro benzene ring substituents is 1. The molecule has 0 aliphatic rings. The lowest BCUT2D eigenvalue weighted by atomic mass is 10.2. The molecule has 3 aromatic rings. The molecule has 2 aromatic heterocycles. The lowest BCUT2D eigenvalue weighted by Crippen LogP contribution is -2.17. The van der Waals surface area contributed by atoms with Crippen LogP contribution in [0.1, 0.15) is 17.0 Å². The number of benzene rings is 1. The molecule has 0 fully saturated rings. The normalized spacial score (nSPS) is 11.1. The number of nitro benzene ring substituents is 1. The average molecular weight is 327 g/mol. The molecular weight excluding hydrogens is 310 g/mol. The van der Waals surface area contributed by atoms with Crippen molar-refractivity contribution in [2.24, 2.45) is 0 Å². The molecule has 0 aliphatic carbocycles. The van der Waals surface area contributed by atoms with E-state index in [-0.39, 0.29) is 5.69 Å². The fourth-order valence-electron chi connectivity index (χ4n) is 2.40. The van der Waals surface area contributed by atoms with Crippen molar-refractivity contribution in [1.82, 2.24) is 20.1 Å². The third-order valence-corrected chi connectivity index (χ3v) is 3.68. The zero-order valence-corrected chi connectivity index (χ0v) is 13.4.